The molecule has 1 saturated heterocycles. The van der Waals surface area contributed by atoms with Crippen LogP contribution in [-0.2, 0) is 20.0 Å². The van der Waals surface area contributed by atoms with E-state index in [0.29, 0.717) is 10.6 Å². The van der Waals surface area contributed by atoms with Gasteiger partial charge in [-0.05, 0) is 37.6 Å². The van der Waals surface area contributed by atoms with E-state index in [1.165, 1.54) is 14.7 Å². The first kappa shape index (κ1) is 17.7. The molecular formula is C13H19ClN2O4S2. The van der Waals surface area contributed by atoms with Crippen molar-refractivity contribution in [3.63, 3.8) is 0 Å². The van der Waals surface area contributed by atoms with E-state index < -0.39 is 20.0 Å². The minimum Gasteiger partial charge on any atom is -0.212 e. The summed E-state index contributed by atoms with van der Waals surface area (Å²) in [6.45, 7) is 3.95. The predicted molar refractivity (Wildman–Crippen MR) is 86.0 cm³/mol. The summed E-state index contributed by atoms with van der Waals surface area (Å²) in [6.07, 6.45) is 0. The molecule has 1 heterocycles. The Kier molecular flexibility index (Phi) is 5.18. The van der Waals surface area contributed by atoms with Gasteiger partial charge in [0.05, 0.1) is 10.6 Å². The van der Waals surface area contributed by atoms with Crippen LogP contribution in [0.2, 0.25) is 5.02 Å². The van der Waals surface area contributed by atoms with Crippen LogP contribution in [0, 0.1) is 6.92 Å². The molecule has 2 rings (SSSR count). The molecule has 0 amide bonds. The first-order valence-electron chi connectivity index (χ1n) is 6.92. The van der Waals surface area contributed by atoms with Crippen LogP contribution in [0.5, 0.6) is 0 Å². The lowest BCUT2D eigenvalue weighted by Crippen LogP contribution is -2.50. The maximum atomic E-state index is 12.7. The van der Waals surface area contributed by atoms with Crippen LogP contribution in [-0.4, -0.2) is 57.4 Å². The van der Waals surface area contributed by atoms with Gasteiger partial charge in [0.15, 0.2) is 0 Å². The molecule has 0 aromatic heterocycles. The fourth-order valence-corrected chi connectivity index (χ4v) is 5.35. The molecular weight excluding hydrogens is 348 g/mol. The minimum absolute atomic E-state index is 0.0239. The van der Waals surface area contributed by atoms with Gasteiger partial charge in [-0.2, -0.15) is 8.61 Å². The fraction of sp³-hybridized carbons (Fsp3) is 0.538. The molecule has 0 radical (unpaired) electrons. The Balaban J connectivity index is 2.20. The summed E-state index contributed by atoms with van der Waals surface area (Å²) in [7, 11) is -6.91. The molecule has 1 aliphatic rings. The van der Waals surface area contributed by atoms with Crippen molar-refractivity contribution in [2.24, 2.45) is 0 Å². The van der Waals surface area contributed by atoms with Gasteiger partial charge in [-0.25, -0.2) is 16.8 Å². The highest BCUT2D eigenvalue weighted by Gasteiger charge is 2.32. The van der Waals surface area contributed by atoms with Crippen molar-refractivity contribution in [1.82, 2.24) is 8.61 Å². The third kappa shape index (κ3) is 3.46. The molecule has 0 spiro atoms. The Morgan fingerprint density at radius 1 is 1.05 bits per heavy atom. The van der Waals surface area contributed by atoms with Crippen molar-refractivity contribution in [3.8, 4) is 0 Å². The number of hydrogen-bond donors (Lipinski definition) is 0. The summed E-state index contributed by atoms with van der Waals surface area (Å²) >= 11 is 5.86. The van der Waals surface area contributed by atoms with Crippen molar-refractivity contribution in [2.75, 3.05) is 31.9 Å². The lowest BCUT2D eigenvalue weighted by molar-refractivity contribution is 0.273. The second-order valence-electron chi connectivity index (χ2n) is 5.11. The van der Waals surface area contributed by atoms with Crippen LogP contribution in [0.3, 0.4) is 0 Å². The van der Waals surface area contributed by atoms with Gasteiger partial charge in [0.25, 0.3) is 0 Å². The number of benzene rings is 1. The van der Waals surface area contributed by atoms with Gasteiger partial charge in [0.1, 0.15) is 0 Å². The van der Waals surface area contributed by atoms with Crippen molar-refractivity contribution < 1.29 is 16.8 Å². The normalized spacial score (nSPS) is 18.5. The average molecular weight is 367 g/mol. The maximum absolute atomic E-state index is 12.7. The van der Waals surface area contributed by atoms with E-state index in [4.69, 9.17) is 11.6 Å². The van der Waals surface area contributed by atoms with Gasteiger partial charge >= 0.3 is 0 Å². The topological polar surface area (TPSA) is 74.8 Å². The second-order valence-corrected chi connectivity index (χ2v) is 9.71. The number of halogens is 1. The van der Waals surface area contributed by atoms with Gasteiger partial charge in [-0.3, -0.25) is 0 Å². The number of rotatable bonds is 4. The minimum atomic E-state index is -3.63. The summed E-state index contributed by atoms with van der Waals surface area (Å²) in [6, 6.07) is 4.63. The molecule has 22 heavy (non-hydrogen) atoms. The molecule has 1 aromatic rings. The summed E-state index contributed by atoms with van der Waals surface area (Å²) in [4.78, 5) is 0.212. The van der Waals surface area contributed by atoms with Crippen molar-refractivity contribution in [3.05, 3.63) is 28.8 Å². The smallest absolute Gasteiger partial charge is 0.212 e. The molecule has 0 unspecified atom stereocenters. The molecule has 124 valence electrons. The lowest BCUT2D eigenvalue weighted by Gasteiger charge is -2.33. The maximum Gasteiger partial charge on any atom is 0.243 e. The quantitative estimate of drug-likeness (QED) is 0.805. The zero-order valence-corrected chi connectivity index (χ0v) is 14.9. The van der Waals surface area contributed by atoms with Crippen LogP contribution < -0.4 is 0 Å². The number of aryl methyl sites for hydroxylation is 1. The van der Waals surface area contributed by atoms with Crippen molar-refractivity contribution in [2.45, 2.75) is 18.7 Å². The Morgan fingerprint density at radius 3 is 2.09 bits per heavy atom. The lowest BCUT2D eigenvalue weighted by atomic mass is 10.2. The first-order chi connectivity index (χ1) is 10.2. The molecule has 0 saturated carbocycles. The van der Waals surface area contributed by atoms with Gasteiger partial charge in [0, 0.05) is 31.2 Å². The largest absolute Gasteiger partial charge is 0.243 e. The van der Waals surface area contributed by atoms with Crippen LogP contribution in [0.15, 0.2) is 23.1 Å². The Bertz CT molecular complexity index is 754. The zero-order valence-electron chi connectivity index (χ0n) is 12.5. The van der Waals surface area contributed by atoms with E-state index >= 15 is 0 Å². The summed E-state index contributed by atoms with van der Waals surface area (Å²) in [5, 5.41) is 0.482. The average Bonchev–Trinajstić information content (AvgIpc) is 2.47. The number of piperazine rings is 1. The van der Waals surface area contributed by atoms with Gasteiger partial charge in [-0.15, -0.1) is 0 Å². The summed E-state index contributed by atoms with van der Waals surface area (Å²) in [5.74, 6) is 0.0239. The van der Waals surface area contributed by atoms with Crippen LogP contribution in [0.25, 0.3) is 0 Å². The molecule has 0 atom stereocenters. The molecule has 1 aliphatic heterocycles. The molecule has 6 nitrogen and oxygen atoms in total. The number of hydrogen-bond acceptors (Lipinski definition) is 4. The summed E-state index contributed by atoms with van der Waals surface area (Å²) in [5.41, 5.74) is 0.580. The molecule has 9 heteroatoms. The third-order valence-electron chi connectivity index (χ3n) is 3.71. The molecule has 1 fully saturated rings. The van der Waals surface area contributed by atoms with Crippen LogP contribution in [0.1, 0.15) is 12.5 Å². The first-order valence-corrected chi connectivity index (χ1v) is 10.4. The van der Waals surface area contributed by atoms with E-state index in [0.717, 1.165) is 0 Å². The van der Waals surface area contributed by atoms with E-state index in [-0.39, 0.29) is 36.8 Å². The zero-order chi connectivity index (χ0) is 16.5. The SMILES string of the molecule is CCS(=O)(=O)N1CCN(S(=O)(=O)c2ccc(Cl)cc2C)CC1. The van der Waals surface area contributed by atoms with Crippen LogP contribution >= 0.6 is 11.6 Å². The van der Waals surface area contributed by atoms with E-state index in [1.54, 1.807) is 26.0 Å². The van der Waals surface area contributed by atoms with Gasteiger partial charge < -0.3 is 0 Å². The molecule has 0 N–H and O–H groups in total. The fourth-order valence-electron chi connectivity index (χ4n) is 2.41. The Labute approximate surface area is 136 Å². The Hall–Kier alpha value is -0.670. The van der Waals surface area contributed by atoms with Crippen molar-refractivity contribution >= 4 is 31.6 Å². The molecule has 1 aromatic carbocycles. The van der Waals surface area contributed by atoms with E-state index in [9.17, 15) is 16.8 Å². The second kappa shape index (κ2) is 6.45. The number of sulfonamides is 2. The van der Waals surface area contributed by atoms with Crippen LogP contribution in [0.4, 0.5) is 0 Å². The monoisotopic (exact) mass is 366 g/mol. The van der Waals surface area contributed by atoms with Gasteiger partial charge in [0.2, 0.25) is 20.0 Å². The summed E-state index contributed by atoms with van der Waals surface area (Å²) < 4.78 is 51.6. The molecule has 0 aliphatic carbocycles. The van der Waals surface area contributed by atoms with E-state index in [2.05, 4.69) is 0 Å². The standard InChI is InChI=1S/C13H19ClN2O4S2/c1-3-21(17,18)15-6-8-16(9-7-15)22(19,20)13-5-4-12(14)10-11(13)2/h4-5,10H,3,6-9H2,1-2H3. The third-order valence-corrected chi connectivity index (χ3v) is 7.89. The number of nitrogens with zero attached hydrogens (tertiary/aromatic N) is 2. The predicted octanol–water partition coefficient (Wildman–Crippen LogP) is 1.30. The highest BCUT2D eigenvalue weighted by atomic mass is 35.5. The van der Waals surface area contributed by atoms with E-state index in [1.807, 2.05) is 0 Å². The van der Waals surface area contributed by atoms with Gasteiger partial charge in [-0.1, -0.05) is 11.6 Å². The Morgan fingerprint density at radius 2 is 1.59 bits per heavy atom. The van der Waals surface area contributed by atoms with Crippen molar-refractivity contribution in [1.29, 1.82) is 0 Å². The molecule has 0 bridgehead atoms. The highest BCUT2D eigenvalue weighted by molar-refractivity contribution is 7.89. The highest BCUT2D eigenvalue weighted by Crippen LogP contribution is 2.24.